The average molecular weight is 588 g/mol. The maximum atomic E-state index is 13.9. The van der Waals surface area contributed by atoms with E-state index in [-0.39, 0.29) is 54.0 Å². The molecular weight excluding hydrogens is 546 g/mol. The number of carbonyl (C=O) groups is 2. The van der Waals surface area contributed by atoms with Crippen LogP contribution in [-0.4, -0.2) is 88.7 Å². The van der Waals surface area contributed by atoms with Crippen LogP contribution >= 0.6 is 0 Å². The molecule has 3 atom stereocenters. The molecule has 0 unspecified atom stereocenters. The number of fused-ring (bicyclic) bond motifs is 1. The van der Waals surface area contributed by atoms with Crippen molar-refractivity contribution in [2.24, 2.45) is 11.8 Å². The third-order valence-electron chi connectivity index (χ3n) is 7.88. The van der Waals surface area contributed by atoms with E-state index in [1.54, 1.807) is 68.4 Å². The molecule has 41 heavy (non-hydrogen) atoms. The van der Waals surface area contributed by atoms with E-state index in [9.17, 15) is 18.0 Å². The molecule has 2 aromatic carbocycles. The SMILES string of the molecule is CO[C@@H]1CN(C)C(=O)c2ccc(NC(=O)C3CCOCC3)cc2OC[C@@H](C)N(S(=O)(=O)c2ccc(C)cc2)C[C@H]1C. The van der Waals surface area contributed by atoms with E-state index in [1.807, 2.05) is 13.8 Å². The van der Waals surface area contributed by atoms with Crippen LogP contribution in [0.4, 0.5) is 5.69 Å². The Kier molecular flexibility index (Phi) is 10.1. The number of amides is 2. The molecule has 4 rings (SSSR count). The summed E-state index contributed by atoms with van der Waals surface area (Å²) in [6.07, 6.45) is 0.894. The lowest BCUT2D eigenvalue weighted by molar-refractivity contribution is -0.122. The fourth-order valence-corrected chi connectivity index (χ4v) is 6.92. The molecule has 2 heterocycles. The molecule has 0 saturated carbocycles. The Morgan fingerprint density at radius 1 is 1.05 bits per heavy atom. The Labute approximate surface area is 243 Å². The summed E-state index contributed by atoms with van der Waals surface area (Å²) in [4.78, 5) is 28.1. The van der Waals surface area contributed by atoms with E-state index in [0.717, 1.165) is 5.56 Å². The summed E-state index contributed by atoms with van der Waals surface area (Å²) in [7, 11) is -0.620. The summed E-state index contributed by atoms with van der Waals surface area (Å²) < 4.78 is 46.5. The zero-order valence-electron chi connectivity index (χ0n) is 24.5. The molecule has 0 bridgehead atoms. The molecule has 0 radical (unpaired) electrons. The molecule has 1 N–H and O–H groups in total. The second-order valence-electron chi connectivity index (χ2n) is 11.1. The van der Waals surface area contributed by atoms with Gasteiger partial charge in [-0.05, 0) is 56.9 Å². The number of nitrogens with zero attached hydrogens (tertiary/aromatic N) is 2. The first-order valence-electron chi connectivity index (χ1n) is 14.0. The van der Waals surface area contributed by atoms with Crippen LogP contribution in [-0.2, 0) is 24.3 Å². The molecule has 1 fully saturated rings. The molecular formula is C30H41N3O7S. The van der Waals surface area contributed by atoms with Gasteiger partial charge in [0.15, 0.2) is 0 Å². The Hall–Kier alpha value is -2.99. The molecule has 2 amide bonds. The van der Waals surface area contributed by atoms with Crippen LogP contribution in [0, 0.1) is 18.8 Å². The maximum Gasteiger partial charge on any atom is 0.257 e. The topological polar surface area (TPSA) is 114 Å². The van der Waals surface area contributed by atoms with Crippen molar-refractivity contribution in [2.75, 3.05) is 52.4 Å². The summed E-state index contributed by atoms with van der Waals surface area (Å²) >= 11 is 0. The number of hydrogen-bond acceptors (Lipinski definition) is 7. The van der Waals surface area contributed by atoms with Gasteiger partial charge in [-0.25, -0.2) is 8.42 Å². The van der Waals surface area contributed by atoms with Gasteiger partial charge in [0.1, 0.15) is 12.4 Å². The summed E-state index contributed by atoms with van der Waals surface area (Å²) in [6.45, 7) is 7.14. The first-order chi connectivity index (χ1) is 19.5. The van der Waals surface area contributed by atoms with Crippen molar-refractivity contribution < 1.29 is 32.2 Å². The molecule has 10 nitrogen and oxygen atoms in total. The largest absolute Gasteiger partial charge is 0.491 e. The summed E-state index contributed by atoms with van der Waals surface area (Å²) in [6, 6.07) is 11.2. The molecule has 2 aromatic rings. The van der Waals surface area contributed by atoms with Gasteiger partial charge >= 0.3 is 0 Å². The van der Waals surface area contributed by atoms with E-state index in [4.69, 9.17) is 14.2 Å². The van der Waals surface area contributed by atoms with Gasteiger partial charge < -0.3 is 24.4 Å². The molecule has 0 aromatic heterocycles. The lowest BCUT2D eigenvalue weighted by atomic mass is 9.99. The van der Waals surface area contributed by atoms with Gasteiger partial charge in [-0.2, -0.15) is 4.31 Å². The zero-order chi connectivity index (χ0) is 29.7. The number of anilines is 1. The maximum absolute atomic E-state index is 13.9. The van der Waals surface area contributed by atoms with Crippen molar-refractivity contribution >= 4 is 27.5 Å². The van der Waals surface area contributed by atoms with Gasteiger partial charge in [-0.1, -0.05) is 24.6 Å². The standard InChI is InChI=1S/C30H41N3O7S/c1-20-6-9-25(10-7-20)41(36,37)33-17-21(2)28(38-5)18-32(4)30(35)26-11-8-24(16-27(26)40-19-22(33)3)31-29(34)23-12-14-39-15-13-23/h6-11,16,21-23,28H,12-15,17-19H2,1-5H3,(H,31,34)/t21-,22-,28-/m1/s1. The van der Waals surface area contributed by atoms with Crippen LogP contribution in [0.1, 0.15) is 42.6 Å². The molecule has 1 saturated heterocycles. The van der Waals surface area contributed by atoms with Gasteiger partial charge in [-0.15, -0.1) is 0 Å². The van der Waals surface area contributed by atoms with Crippen molar-refractivity contribution in [3.8, 4) is 5.75 Å². The van der Waals surface area contributed by atoms with E-state index < -0.39 is 22.2 Å². The predicted molar refractivity (Wildman–Crippen MR) is 156 cm³/mol. The highest BCUT2D eigenvalue weighted by Gasteiger charge is 2.35. The fraction of sp³-hybridized carbons (Fsp3) is 0.533. The van der Waals surface area contributed by atoms with Crippen LogP contribution in [0.25, 0.3) is 0 Å². The number of methoxy groups -OCH3 is 1. The number of benzene rings is 2. The second kappa shape index (κ2) is 13.3. The second-order valence-corrected chi connectivity index (χ2v) is 13.0. The summed E-state index contributed by atoms with van der Waals surface area (Å²) in [5, 5.41) is 2.94. The summed E-state index contributed by atoms with van der Waals surface area (Å²) in [5.41, 5.74) is 1.79. The number of hydrogen-bond donors (Lipinski definition) is 1. The van der Waals surface area contributed by atoms with Crippen molar-refractivity contribution in [2.45, 2.75) is 50.7 Å². The Morgan fingerprint density at radius 3 is 2.39 bits per heavy atom. The third kappa shape index (κ3) is 7.27. The number of ether oxygens (including phenoxy) is 3. The fourth-order valence-electron chi connectivity index (χ4n) is 5.20. The van der Waals surface area contributed by atoms with Crippen molar-refractivity contribution in [3.63, 3.8) is 0 Å². The molecule has 11 heteroatoms. The lowest BCUT2D eigenvalue weighted by Crippen LogP contribution is -2.48. The Bertz CT molecular complexity index is 1330. The van der Waals surface area contributed by atoms with Crippen LogP contribution in [0.15, 0.2) is 47.4 Å². The minimum absolute atomic E-state index is 0.00316. The lowest BCUT2D eigenvalue weighted by Gasteiger charge is -2.35. The monoisotopic (exact) mass is 587 g/mol. The van der Waals surface area contributed by atoms with E-state index >= 15 is 0 Å². The van der Waals surface area contributed by atoms with E-state index in [0.29, 0.717) is 37.3 Å². The van der Waals surface area contributed by atoms with E-state index in [1.165, 1.54) is 4.31 Å². The smallest absolute Gasteiger partial charge is 0.257 e. The number of carbonyl (C=O) groups excluding carboxylic acids is 2. The molecule has 0 aliphatic carbocycles. The minimum Gasteiger partial charge on any atom is -0.491 e. The van der Waals surface area contributed by atoms with Crippen molar-refractivity contribution in [3.05, 3.63) is 53.6 Å². The minimum atomic E-state index is -3.87. The highest BCUT2D eigenvalue weighted by Crippen LogP contribution is 2.29. The van der Waals surface area contributed by atoms with Crippen molar-refractivity contribution in [1.82, 2.24) is 9.21 Å². The number of aryl methyl sites for hydroxylation is 1. The Morgan fingerprint density at radius 2 is 1.73 bits per heavy atom. The van der Waals surface area contributed by atoms with Gasteiger partial charge in [0, 0.05) is 58.1 Å². The number of nitrogens with one attached hydrogen (secondary N) is 1. The van der Waals surface area contributed by atoms with E-state index in [2.05, 4.69) is 5.32 Å². The first-order valence-corrected chi connectivity index (χ1v) is 15.5. The van der Waals surface area contributed by atoms with Crippen molar-refractivity contribution in [1.29, 1.82) is 0 Å². The normalized spacial score (nSPS) is 23.6. The predicted octanol–water partition coefficient (Wildman–Crippen LogP) is 3.56. The van der Waals surface area contributed by atoms with Gasteiger partial charge in [-0.3, -0.25) is 9.59 Å². The Balaban J connectivity index is 1.67. The highest BCUT2D eigenvalue weighted by molar-refractivity contribution is 7.89. The molecule has 224 valence electrons. The zero-order valence-corrected chi connectivity index (χ0v) is 25.3. The van der Waals surface area contributed by atoms with Crippen LogP contribution < -0.4 is 10.1 Å². The van der Waals surface area contributed by atoms with Gasteiger partial charge in [0.25, 0.3) is 5.91 Å². The number of sulfonamides is 1. The molecule has 2 aliphatic heterocycles. The molecule has 0 spiro atoms. The van der Waals surface area contributed by atoms with Crippen LogP contribution in [0.5, 0.6) is 5.75 Å². The quantitative estimate of drug-likeness (QED) is 0.569. The van der Waals surface area contributed by atoms with Crippen LogP contribution in [0.2, 0.25) is 0 Å². The average Bonchev–Trinajstić information content (AvgIpc) is 2.97. The van der Waals surface area contributed by atoms with Crippen LogP contribution in [0.3, 0.4) is 0 Å². The number of likely N-dealkylation sites (N-methyl/N-ethyl adjacent to an activating group) is 1. The number of rotatable bonds is 5. The first kappa shape index (κ1) is 31.0. The van der Waals surface area contributed by atoms with Gasteiger partial charge in [0.2, 0.25) is 15.9 Å². The highest BCUT2D eigenvalue weighted by atomic mass is 32.2. The van der Waals surface area contributed by atoms with Gasteiger partial charge in [0.05, 0.1) is 22.6 Å². The molecule has 2 aliphatic rings. The summed E-state index contributed by atoms with van der Waals surface area (Å²) in [5.74, 6) is -0.459. The third-order valence-corrected chi connectivity index (χ3v) is 9.87.